The fourth-order valence-electron chi connectivity index (χ4n) is 2.73. The summed E-state index contributed by atoms with van der Waals surface area (Å²) in [6, 6.07) is 13.1. The van der Waals surface area contributed by atoms with Crippen molar-refractivity contribution >= 4 is 17.6 Å². The van der Waals surface area contributed by atoms with Gasteiger partial charge in [-0.2, -0.15) is 0 Å². The maximum absolute atomic E-state index is 12.1. The van der Waals surface area contributed by atoms with Crippen LogP contribution in [0, 0.1) is 0 Å². The van der Waals surface area contributed by atoms with Gasteiger partial charge in [0.1, 0.15) is 5.75 Å². The Labute approximate surface area is 170 Å². The van der Waals surface area contributed by atoms with Crippen molar-refractivity contribution in [3.8, 4) is 17.2 Å². The molecule has 0 saturated heterocycles. The molecule has 0 aromatic heterocycles. The number of anilines is 1. The van der Waals surface area contributed by atoms with Crippen molar-refractivity contribution in [2.75, 3.05) is 39.2 Å². The van der Waals surface area contributed by atoms with E-state index in [9.17, 15) is 4.79 Å². The molecule has 0 fully saturated rings. The van der Waals surface area contributed by atoms with Gasteiger partial charge in [-0.25, -0.2) is 0 Å². The fourth-order valence-corrected chi connectivity index (χ4v) is 2.73. The van der Waals surface area contributed by atoms with E-state index in [2.05, 4.69) is 20.9 Å². The molecule has 2 aromatic carbocycles. The smallest absolute Gasteiger partial charge is 0.239 e. The number of carbonyl (C=O) groups is 1. The van der Waals surface area contributed by atoms with E-state index in [4.69, 9.17) is 14.2 Å². The number of nitrogens with zero attached hydrogens (tertiary/aromatic N) is 1. The topological polar surface area (TPSA) is 93.2 Å². The zero-order valence-corrected chi connectivity index (χ0v) is 16.7. The van der Waals surface area contributed by atoms with Gasteiger partial charge < -0.3 is 30.2 Å². The van der Waals surface area contributed by atoms with Crippen LogP contribution in [0.1, 0.15) is 12.0 Å². The number of nitrogens with one attached hydrogen (secondary N) is 3. The molecule has 2 aromatic rings. The van der Waals surface area contributed by atoms with Crippen LogP contribution in [0.4, 0.5) is 5.69 Å². The van der Waals surface area contributed by atoms with E-state index in [0.717, 1.165) is 29.2 Å². The van der Waals surface area contributed by atoms with E-state index in [1.807, 2.05) is 42.5 Å². The van der Waals surface area contributed by atoms with E-state index in [-0.39, 0.29) is 12.5 Å². The molecular weight excluding hydrogens is 372 g/mol. The first-order chi connectivity index (χ1) is 14.2. The van der Waals surface area contributed by atoms with Gasteiger partial charge in [0.15, 0.2) is 17.5 Å². The quantitative estimate of drug-likeness (QED) is 0.510. The first-order valence-corrected chi connectivity index (χ1v) is 9.45. The van der Waals surface area contributed by atoms with Crippen molar-refractivity contribution in [3.05, 3.63) is 48.0 Å². The number of benzene rings is 2. The number of guanidine groups is 1. The summed E-state index contributed by atoms with van der Waals surface area (Å²) in [5.41, 5.74) is 1.79. The largest absolute Gasteiger partial charge is 0.497 e. The summed E-state index contributed by atoms with van der Waals surface area (Å²) in [7, 11) is 3.27. The van der Waals surface area contributed by atoms with Crippen LogP contribution in [-0.4, -0.2) is 45.8 Å². The Morgan fingerprint density at radius 3 is 2.55 bits per heavy atom. The number of hydrogen-bond acceptors (Lipinski definition) is 5. The molecule has 0 saturated carbocycles. The lowest BCUT2D eigenvalue weighted by atomic mass is 10.2. The molecular formula is C21H26N4O4. The van der Waals surface area contributed by atoms with E-state index >= 15 is 0 Å². The summed E-state index contributed by atoms with van der Waals surface area (Å²) >= 11 is 0. The standard InChI is InChI=1S/C21H26N4O4/c1-22-21(25-16-6-9-18-19(12-16)29-11-3-10-28-18)24-14-20(26)23-13-15-4-7-17(27-2)8-5-15/h4-9,12H,3,10-11,13-14H2,1-2H3,(H,23,26)(H2,22,24,25). The van der Waals surface area contributed by atoms with Gasteiger partial charge in [0.2, 0.25) is 5.91 Å². The Bertz CT molecular complexity index is 852. The summed E-state index contributed by atoms with van der Waals surface area (Å²) in [6.07, 6.45) is 0.853. The first kappa shape index (κ1) is 20.3. The number of hydrogen-bond donors (Lipinski definition) is 3. The maximum Gasteiger partial charge on any atom is 0.239 e. The Balaban J connectivity index is 1.47. The zero-order chi connectivity index (χ0) is 20.5. The lowest BCUT2D eigenvalue weighted by molar-refractivity contribution is -0.120. The highest BCUT2D eigenvalue weighted by atomic mass is 16.5. The van der Waals surface area contributed by atoms with Crippen molar-refractivity contribution < 1.29 is 19.0 Å². The molecule has 0 bridgehead atoms. The lowest BCUT2D eigenvalue weighted by Crippen LogP contribution is -2.39. The average Bonchev–Trinajstić information content (AvgIpc) is 3.00. The third-order valence-electron chi connectivity index (χ3n) is 4.30. The molecule has 0 unspecified atom stereocenters. The summed E-state index contributed by atoms with van der Waals surface area (Å²) in [5.74, 6) is 2.56. The van der Waals surface area contributed by atoms with E-state index in [0.29, 0.717) is 31.5 Å². The molecule has 1 aliphatic heterocycles. The van der Waals surface area contributed by atoms with Crippen LogP contribution in [-0.2, 0) is 11.3 Å². The molecule has 3 N–H and O–H groups in total. The van der Waals surface area contributed by atoms with Crippen LogP contribution in [0.15, 0.2) is 47.5 Å². The van der Waals surface area contributed by atoms with E-state index in [1.54, 1.807) is 14.2 Å². The van der Waals surface area contributed by atoms with Gasteiger partial charge >= 0.3 is 0 Å². The average molecular weight is 398 g/mol. The molecule has 8 heteroatoms. The van der Waals surface area contributed by atoms with Crippen LogP contribution in [0.5, 0.6) is 17.2 Å². The normalized spacial score (nSPS) is 13.2. The Hall–Kier alpha value is -3.42. The predicted molar refractivity (Wildman–Crippen MR) is 112 cm³/mol. The van der Waals surface area contributed by atoms with Crippen LogP contribution < -0.4 is 30.2 Å². The van der Waals surface area contributed by atoms with Crippen LogP contribution >= 0.6 is 0 Å². The predicted octanol–water partition coefficient (Wildman–Crippen LogP) is 2.16. The van der Waals surface area contributed by atoms with Gasteiger partial charge in [-0.05, 0) is 29.8 Å². The number of carbonyl (C=O) groups excluding carboxylic acids is 1. The molecule has 29 heavy (non-hydrogen) atoms. The molecule has 0 spiro atoms. The minimum absolute atomic E-state index is 0.0976. The highest BCUT2D eigenvalue weighted by Crippen LogP contribution is 2.32. The van der Waals surface area contributed by atoms with Crippen LogP contribution in [0.25, 0.3) is 0 Å². The van der Waals surface area contributed by atoms with Crippen LogP contribution in [0.2, 0.25) is 0 Å². The van der Waals surface area contributed by atoms with Crippen LogP contribution in [0.3, 0.4) is 0 Å². The minimum atomic E-state index is -0.137. The molecule has 3 rings (SSSR count). The van der Waals surface area contributed by atoms with Gasteiger partial charge in [-0.15, -0.1) is 0 Å². The van der Waals surface area contributed by atoms with Gasteiger partial charge in [0.05, 0.1) is 26.9 Å². The second-order valence-electron chi connectivity index (χ2n) is 6.39. The first-order valence-electron chi connectivity index (χ1n) is 9.45. The van der Waals surface area contributed by atoms with E-state index < -0.39 is 0 Å². The number of fused-ring (bicyclic) bond motifs is 1. The van der Waals surface area contributed by atoms with Crippen molar-refractivity contribution in [2.45, 2.75) is 13.0 Å². The Morgan fingerprint density at radius 1 is 1.07 bits per heavy atom. The highest BCUT2D eigenvalue weighted by molar-refractivity contribution is 5.96. The third kappa shape index (κ3) is 6.03. The number of ether oxygens (including phenoxy) is 3. The molecule has 1 amide bonds. The molecule has 8 nitrogen and oxygen atoms in total. The maximum atomic E-state index is 12.1. The molecule has 1 aliphatic rings. The fraction of sp³-hybridized carbons (Fsp3) is 0.333. The SMILES string of the molecule is CN=C(NCC(=O)NCc1ccc(OC)cc1)Nc1ccc2c(c1)OCCCO2. The molecule has 154 valence electrons. The second kappa shape index (κ2) is 10.2. The number of amides is 1. The summed E-state index contributed by atoms with van der Waals surface area (Å²) < 4.78 is 16.5. The van der Waals surface area contributed by atoms with Crippen molar-refractivity contribution in [2.24, 2.45) is 4.99 Å². The van der Waals surface area contributed by atoms with Gasteiger partial charge in [-0.1, -0.05) is 12.1 Å². The molecule has 0 atom stereocenters. The molecule has 0 aliphatic carbocycles. The molecule has 0 radical (unpaired) electrons. The third-order valence-corrected chi connectivity index (χ3v) is 4.30. The molecule has 1 heterocycles. The summed E-state index contributed by atoms with van der Waals surface area (Å²) in [6.45, 7) is 1.81. The second-order valence-corrected chi connectivity index (χ2v) is 6.39. The van der Waals surface area contributed by atoms with Gasteiger partial charge in [0.25, 0.3) is 0 Å². The number of aliphatic imine (C=N–C) groups is 1. The monoisotopic (exact) mass is 398 g/mol. The number of methoxy groups -OCH3 is 1. The summed E-state index contributed by atoms with van der Waals surface area (Å²) in [4.78, 5) is 16.3. The highest BCUT2D eigenvalue weighted by Gasteiger charge is 2.11. The lowest BCUT2D eigenvalue weighted by Gasteiger charge is -2.14. The Morgan fingerprint density at radius 2 is 1.83 bits per heavy atom. The zero-order valence-electron chi connectivity index (χ0n) is 16.7. The van der Waals surface area contributed by atoms with Gasteiger partial charge in [0, 0.05) is 31.8 Å². The number of rotatable bonds is 6. The van der Waals surface area contributed by atoms with Crippen molar-refractivity contribution in [3.63, 3.8) is 0 Å². The minimum Gasteiger partial charge on any atom is -0.497 e. The van der Waals surface area contributed by atoms with Gasteiger partial charge in [-0.3, -0.25) is 9.79 Å². The summed E-state index contributed by atoms with van der Waals surface area (Å²) in [5, 5.41) is 9.02. The van der Waals surface area contributed by atoms with E-state index in [1.165, 1.54) is 0 Å². The Kier molecular flexibility index (Phi) is 7.16. The van der Waals surface area contributed by atoms with Crippen molar-refractivity contribution in [1.82, 2.24) is 10.6 Å². The van der Waals surface area contributed by atoms with Crippen molar-refractivity contribution in [1.29, 1.82) is 0 Å².